The second-order valence-corrected chi connectivity index (χ2v) is 4.37. The van der Waals surface area contributed by atoms with Gasteiger partial charge in [-0.3, -0.25) is 0 Å². The quantitative estimate of drug-likeness (QED) is 0.778. The van der Waals surface area contributed by atoms with Crippen molar-refractivity contribution in [3.8, 4) is 0 Å². The van der Waals surface area contributed by atoms with Gasteiger partial charge in [-0.25, -0.2) is 8.78 Å². The molecule has 3 heteroatoms. The number of rotatable bonds is 2. The molecule has 0 atom stereocenters. The summed E-state index contributed by atoms with van der Waals surface area (Å²) in [7, 11) is 0. The Bertz CT molecular complexity index is 317. The van der Waals surface area contributed by atoms with E-state index >= 15 is 0 Å². The van der Waals surface area contributed by atoms with E-state index in [1.54, 1.807) is 13.0 Å². The van der Waals surface area contributed by atoms with Crippen LogP contribution in [0.15, 0.2) is 12.1 Å². The van der Waals surface area contributed by atoms with Gasteiger partial charge in [-0.1, -0.05) is 6.07 Å². The maximum absolute atomic E-state index is 13.0. The van der Waals surface area contributed by atoms with Crippen LogP contribution in [-0.2, 0) is 6.42 Å². The van der Waals surface area contributed by atoms with Crippen LogP contribution >= 0.6 is 0 Å². The summed E-state index contributed by atoms with van der Waals surface area (Å²) in [4.78, 5) is 0. The third-order valence-corrected chi connectivity index (χ3v) is 1.93. The molecule has 0 heterocycles. The highest BCUT2D eigenvalue weighted by molar-refractivity contribution is 5.26. The number of hydrogen-bond donors (Lipinski definition) is 1. The smallest absolute Gasteiger partial charge is 0.161 e. The van der Waals surface area contributed by atoms with Gasteiger partial charge in [-0.15, -0.1) is 0 Å². The Morgan fingerprint density at radius 2 is 1.86 bits per heavy atom. The molecule has 0 radical (unpaired) electrons. The van der Waals surface area contributed by atoms with E-state index in [1.807, 2.05) is 13.8 Å². The second-order valence-electron chi connectivity index (χ2n) is 4.37. The van der Waals surface area contributed by atoms with Gasteiger partial charge in [-0.2, -0.15) is 0 Å². The van der Waals surface area contributed by atoms with Gasteiger partial charge in [0.05, 0.1) is 0 Å². The monoisotopic (exact) mass is 199 g/mol. The Labute approximate surface area is 82.9 Å². The molecule has 0 amide bonds. The fourth-order valence-electron chi connectivity index (χ4n) is 1.43. The molecule has 0 aliphatic rings. The standard InChI is InChI=1S/C11H15F2N/c1-7-4-8(6-11(2,3)14)5-9(12)10(7)13/h4-5H,6,14H2,1-3H3. The third kappa shape index (κ3) is 2.77. The molecule has 0 aliphatic carbocycles. The average Bonchev–Trinajstić information content (AvgIpc) is 1.96. The van der Waals surface area contributed by atoms with Crippen LogP contribution in [0.2, 0.25) is 0 Å². The van der Waals surface area contributed by atoms with Crippen molar-refractivity contribution < 1.29 is 8.78 Å². The minimum absolute atomic E-state index is 0.323. The van der Waals surface area contributed by atoms with Gasteiger partial charge in [-0.05, 0) is 44.4 Å². The summed E-state index contributed by atoms with van der Waals surface area (Å²) < 4.78 is 25.9. The molecule has 0 fully saturated rings. The maximum atomic E-state index is 13.0. The summed E-state index contributed by atoms with van der Waals surface area (Å²) in [6, 6.07) is 2.84. The Hall–Kier alpha value is -0.960. The van der Waals surface area contributed by atoms with E-state index in [9.17, 15) is 8.78 Å². The number of nitrogens with two attached hydrogens (primary N) is 1. The van der Waals surface area contributed by atoms with Crippen LogP contribution in [0.3, 0.4) is 0 Å². The van der Waals surface area contributed by atoms with Crippen molar-refractivity contribution in [2.45, 2.75) is 32.7 Å². The van der Waals surface area contributed by atoms with E-state index in [-0.39, 0.29) is 0 Å². The minimum Gasteiger partial charge on any atom is -0.325 e. The van der Waals surface area contributed by atoms with Crippen molar-refractivity contribution >= 4 is 0 Å². The predicted octanol–water partition coefficient (Wildman–Crippen LogP) is 2.55. The lowest BCUT2D eigenvalue weighted by molar-refractivity contribution is 0.490. The fraction of sp³-hybridized carbons (Fsp3) is 0.455. The normalized spacial score (nSPS) is 11.9. The van der Waals surface area contributed by atoms with Crippen LogP contribution in [0.1, 0.15) is 25.0 Å². The van der Waals surface area contributed by atoms with Crippen molar-refractivity contribution in [2.75, 3.05) is 0 Å². The van der Waals surface area contributed by atoms with Gasteiger partial charge in [0.25, 0.3) is 0 Å². The van der Waals surface area contributed by atoms with Crippen LogP contribution in [0, 0.1) is 18.6 Å². The molecule has 0 spiro atoms. The third-order valence-electron chi connectivity index (χ3n) is 1.93. The van der Waals surface area contributed by atoms with E-state index in [0.29, 0.717) is 12.0 Å². The molecule has 0 unspecified atom stereocenters. The Morgan fingerprint density at radius 3 is 2.29 bits per heavy atom. The Balaban J connectivity index is 3.02. The van der Waals surface area contributed by atoms with Crippen molar-refractivity contribution in [3.05, 3.63) is 34.9 Å². The highest BCUT2D eigenvalue weighted by Crippen LogP contribution is 2.17. The fourth-order valence-corrected chi connectivity index (χ4v) is 1.43. The summed E-state index contributed by atoms with van der Waals surface area (Å²) in [5, 5.41) is 0. The number of halogens is 2. The number of hydrogen-bond acceptors (Lipinski definition) is 1. The molecular formula is C11H15F2N. The summed E-state index contributed by atoms with van der Waals surface area (Å²) in [6.45, 7) is 5.25. The van der Waals surface area contributed by atoms with E-state index in [0.717, 1.165) is 5.56 Å². The van der Waals surface area contributed by atoms with Crippen molar-refractivity contribution in [3.63, 3.8) is 0 Å². The molecular weight excluding hydrogens is 184 g/mol. The lowest BCUT2D eigenvalue weighted by atomic mass is 9.95. The van der Waals surface area contributed by atoms with E-state index in [1.165, 1.54) is 6.07 Å². The summed E-state index contributed by atoms with van der Waals surface area (Å²) >= 11 is 0. The van der Waals surface area contributed by atoms with Crippen molar-refractivity contribution in [1.82, 2.24) is 0 Å². The highest BCUT2D eigenvalue weighted by Gasteiger charge is 2.14. The maximum Gasteiger partial charge on any atom is 0.161 e. The van der Waals surface area contributed by atoms with Gasteiger partial charge in [0.1, 0.15) is 0 Å². The van der Waals surface area contributed by atoms with Crippen LogP contribution in [-0.4, -0.2) is 5.54 Å². The summed E-state index contributed by atoms with van der Waals surface area (Å²) in [5.74, 6) is -1.58. The summed E-state index contributed by atoms with van der Waals surface area (Å²) in [6.07, 6.45) is 0.533. The van der Waals surface area contributed by atoms with E-state index in [2.05, 4.69) is 0 Å². The van der Waals surface area contributed by atoms with Crippen molar-refractivity contribution in [1.29, 1.82) is 0 Å². The minimum atomic E-state index is -0.802. The predicted molar refractivity (Wildman–Crippen MR) is 53.1 cm³/mol. The first kappa shape index (κ1) is 11.1. The first-order valence-corrected chi connectivity index (χ1v) is 4.53. The van der Waals surface area contributed by atoms with Gasteiger partial charge >= 0.3 is 0 Å². The van der Waals surface area contributed by atoms with Gasteiger partial charge < -0.3 is 5.73 Å². The average molecular weight is 199 g/mol. The molecule has 0 bridgehead atoms. The Morgan fingerprint density at radius 1 is 1.29 bits per heavy atom. The molecule has 1 aromatic rings. The largest absolute Gasteiger partial charge is 0.325 e. The van der Waals surface area contributed by atoms with Crippen LogP contribution in [0.4, 0.5) is 8.78 Å². The molecule has 1 rings (SSSR count). The first-order chi connectivity index (χ1) is 6.29. The molecule has 0 saturated carbocycles. The SMILES string of the molecule is Cc1cc(CC(C)(C)N)cc(F)c1F. The van der Waals surface area contributed by atoms with Gasteiger partial charge in [0.15, 0.2) is 11.6 Å². The topological polar surface area (TPSA) is 26.0 Å². The molecule has 0 aliphatic heterocycles. The second kappa shape index (κ2) is 3.65. The lowest BCUT2D eigenvalue weighted by Crippen LogP contribution is -2.34. The molecule has 0 aromatic heterocycles. The van der Waals surface area contributed by atoms with Crippen molar-refractivity contribution in [2.24, 2.45) is 5.73 Å². The molecule has 2 N–H and O–H groups in total. The lowest BCUT2D eigenvalue weighted by Gasteiger charge is -2.18. The van der Waals surface area contributed by atoms with Crippen LogP contribution in [0.25, 0.3) is 0 Å². The molecule has 1 aromatic carbocycles. The highest BCUT2D eigenvalue weighted by atomic mass is 19.2. The molecule has 0 saturated heterocycles. The van der Waals surface area contributed by atoms with Crippen LogP contribution < -0.4 is 5.73 Å². The van der Waals surface area contributed by atoms with Crippen LogP contribution in [0.5, 0.6) is 0 Å². The molecule has 78 valence electrons. The summed E-state index contributed by atoms with van der Waals surface area (Å²) in [5.41, 5.74) is 6.44. The van der Waals surface area contributed by atoms with E-state index in [4.69, 9.17) is 5.73 Å². The zero-order valence-corrected chi connectivity index (χ0v) is 8.70. The number of aryl methyl sites for hydroxylation is 1. The Kier molecular flexibility index (Phi) is 2.90. The molecule has 14 heavy (non-hydrogen) atoms. The number of benzene rings is 1. The van der Waals surface area contributed by atoms with E-state index < -0.39 is 17.2 Å². The first-order valence-electron chi connectivity index (χ1n) is 4.53. The molecule has 1 nitrogen and oxygen atoms in total. The van der Waals surface area contributed by atoms with Gasteiger partial charge in [0, 0.05) is 5.54 Å². The zero-order chi connectivity index (χ0) is 10.9. The zero-order valence-electron chi connectivity index (χ0n) is 8.70. The van der Waals surface area contributed by atoms with Gasteiger partial charge in [0.2, 0.25) is 0 Å².